The van der Waals surface area contributed by atoms with Gasteiger partial charge in [0.05, 0.1) is 0 Å². The first-order chi connectivity index (χ1) is 8.66. The second kappa shape index (κ2) is 4.79. The summed E-state index contributed by atoms with van der Waals surface area (Å²) in [5, 5.41) is 4.01. The van der Waals surface area contributed by atoms with E-state index in [0.29, 0.717) is 17.1 Å². The minimum absolute atomic E-state index is 0.469. The van der Waals surface area contributed by atoms with E-state index >= 15 is 0 Å². The van der Waals surface area contributed by atoms with Gasteiger partial charge in [0.1, 0.15) is 0 Å². The fourth-order valence-corrected chi connectivity index (χ4v) is 4.79. The molecule has 104 valence electrons. The van der Waals surface area contributed by atoms with Crippen LogP contribution in [0.2, 0.25) is 0 Å². The predicted octanol–water partition coefficient (Wildman–Crippen LogP) is 3.32. The van der Waals surface area contributed by atoms with Crippen LogP contribution in [0.5, 0.6) is 0 Å². The molecule has 2 heteroatoms. The van der Waals surface area contributed by atoms with E-state index in [4.69, 9.17) is 0 Å². The number of piperazine rings is 1. The zero-order chi connectivity index (χ0) is 12.6. The molecule has 1 aliphatic heterocycles. The quantitative estimate of drug-likeness (QED) is 0.768. The lowest BCUT2D eigenvalue weighted by molar-refractivity contribution is -0.0262. The van der Waals surface area contributed by atoms with E-state index in [1.54, 1.807) is 0 Å². The van der Waals surface area contributed by atoms with Crippen LogP contribution in [0.25, 0.3) is 0 Å². The third-order valence-corrected chi connectivity index (χ3v) is 5.84. The van der Waals surface area contributed by atoms with Crippen molar-refractivity contribution in [1.29, 1.82) is 0 Å². The zero-order valence-corrected chi connectivity index (χ0v) is 12.3. The summed E-state index contributed by atoms with van der Waals surface area (Å²) in [6.45, 7) is 7.37. The highest BCUT2D eigenvalue weighted by Gasteiger charge is 2.49. The fraction of sp³-hybridized carbons (Fsp3) is 1.00. The Morgan fingerprint density at radius 2 is 1.50 bits per heavy atom. The molecule has 0 radical (unpaired) electrons. The summed E-state index contributed by atoms with van der Waals surface area (Å²) in [7, 11) is 0. The van der Waals surface area contributed by atoms with E-state index in [0.717, 1.165) is 0 Å². The summed E-state index contributed by atoms with van der Waals surface area (Å²) in [6.07, 6.45) is 12.9. The Kier molecular flexibility index (Phi) is 3.44. The second-order valence-electron chi connectivity index (χ2n) is 7.35. The standard InChI is InChI=1S/C16H30N2/c1-14(2)18-13-15(8-4-3-5-9-15)17-12-16(18)10-6-7-11-16/h14,17H,3-13H2,1-2H3. The lowest BCUT2D eigenvalue weighted by Crippen LogP contribution is -2.71. The third-order valence-electron chi connectivity index (χ3n) is 5.84. The highest BCUT2D eigenvalue weighted by Crippen LogP contribution is 2.42. The number of rotatable bonds is 1. The van der Waals surface area contributed by atoms with Gasteiger partial charge in [-0.3, -0.25) is 4.90 Å². The van der Waals surface area contributed by atoms with Crippen LogP contribution in [0, 0.1) is 0 Å². The topological polar surface area (TPSA) is 15.3 Å². The van der Waals surface area contributed by atoms with Gasteiger partial charge in [0.15, 0.2) is 0 Å². The summed E-state index contributed by atoms with van der Waals surface area (Å²) in [5.41, 5.74) is 0.979. The maximum absolute atomic E-state index is 4.01. The van der Waals surface area contributed by atoms with Crippen molar-refractivity contribution in [2.75, 3.05) is 13.1 Å². The highest BCUT2D eigenvalue weighted by molar-refractivity contribution is 5.08. The predicted molar refractivity (Wildman–Crippen MR) is 76.9 cm³/mol. The maximum atomic E-state index is 4.01. The number of nitrogens with zero attached hydrogens (tertiary/aromatic N) is 1. The molecule has 2 nitrogen and oxygen atoms in total. The van der Waals surface area contributed by atoms with Gasteiger partial charge in [-0.15, -0.1) is 0 Å². The van der Waals surface area contributed by atoms with Gasteiger partial charge >= 0.3 is 0 Å². The Hall–Kier alpha value is -0.0800. The van der Waals surface area contributed by atoms with Crippen molar-refractivity contribution in [2.45, 2.75) is 88.8 Å². The molecule has 0 aromatic carbocycles. The highest BCUT2D eigenvalue weighted by atomic mass is 15.3. The van der Waals surface area contributed by atoms with Gasteiger partial charge in [-0.25, -0.2) is 0 Å². The molecule has 0 atom stereocenters. The van der Waals surface area contributed by atoms with Gasteiger partial charge < -0.3 is 5.32 Å². The normalized spacial score (nSPS) is 31.5. The van der Waals surface area contributed by atoms with E-state index < -0.39 is 0 Å². The van der Waals surface area contributed by atoms with Crippen molar-refractivity contribution >= 4 is 0 Å². The first-order valence-corrected chi connectivity index (χ1v) is 8.18. The van der Waals surface area contributed by atoms with Crippen LogP contribution in [0.3, 0.4) is 0 Å². The summed E-state index contributed by atoms with van der Waals surface area (Å²) in [6, 6.07) is 0.712. The molecule has 0 aromatic rings. The van der Waals surface area contributed by atoms with Crippen LogP contribution in [-0.2, 0) is 0 Å². The summed E-state index contributed by atoms with van der Waals surface area (Å²) >= 11 is 0. The maximum Gasteiger partial charge on any atom is 0.0337 e. The van der Waals surface area contributed by atoms with Gasteiger partial charge in [-0.05, 0) is 39.5 Å². The molecule has 1 saturated heterocycles. The molecule has 1 N–H and O–H groups in total. The van der Waals surface area contributed by atoms with Crippen LogP contribution in [0.1, 0.15) is 71.6 Å². The lowest BCUT2D eigenvalue weighted by Gasteiger charge is -2.56. The van der Waals surface area contributed by atoms with Crippen LogP contribution in [0.15, 0.2) is 0 Å². The molecule has 1 heterocycles. The lowest BCUT2D eigenvalue weighted by atomic mass is 9.76. The SMILES string of the molecule is CC(C)N1CC2(CCCCC2)NCC12CCCC2. The smallest absolute Gasteiger partial charge is 0.0337 e. The minimum atomic E-state index is 0.469. The van der Waals surface area contributed by atoms with Crippen molar-refractivity contribution in [2.24, 2.45) is 0 Å². The van der Waals surface area contributed by atoms with Crippen molar-refractivity contribution < 1.29 is 0 Å². The molecule has 0 bridgehead atoms. The van der Waals surface area contributed by atoms with Crippen molar-refractivity contribution in [1.82, 2.24) is 10.2 Å². The van der Waals surface area contributed by atoms with Gasteiger partial charge in [0.2, 0.25) is 0 Å². The van der Waals surface area contributed by atoms with Crippen LogP contribution in [-0.4, -0.2) is 35.1 Å². The van der Waals surface area contributed by atoms with Gasteiger partial charge in [-0.1, -0.05) is 32.1 Å². The summed E-state index contributed by atoms with van der Waals surface area (Å²) in [4.78, 5) is 2.88. The van der Waals surface area contributed by atoms with Gasteiger partial charge in [0.25, 0.3) is 0 Å². The second-order valence-corrected chi connectivity index (χ2v) is 7.35. The van der Waals surface area contributed by atoms with Crippen LogP contribution in [0.4, 0.5) is 0 Å². The van der Waals surface area contributed by atoms with E-state index in [9.17, 15) is 0 Å². The molecule has 2 aliphatic carbocycles. The van der Waals surface area contributed by atoms with Gasteiger partial charge in [0, 0.05) is 30.2 Å². The Labute approximate surface area is 113 Å². The molecule has 3 rings (SSSR count). The van der Waals surface area contributed by atoms with E-state index in [2.05, 4.69) is 24.1 Å². The molecular formula is C16H30N2. The van der Waals surface area contributed by atoms with Crippen LogP contribution >= 0.6 is 0 Å². The first kappa shape index (κ1) is 12.9. The van der Waals surface area contributed by atoms with Gasteiger partial charge in [-0.2, -0.15) is 0 Å². The zero-order valence-electron chi connectivity index (χ0n) is 12.3. The first-order valence-electron chi connectivity index (χ1n) is 8.18. The molecule has 2 saturated carbocycles. The van der Waals surface area contributed by atoms with E-state index in [-0.39, 0.29) is 0 Å². The van der Waals surface area contributed by atoms with Crippen molar-refractivity contribution in [3.8, 4) is 0 Å². The molecule has 18 heavy (non-hydrogen) atoms. The molecule has 2 spiro atoms. The monoisotopic (exact) mass is 250 g/mol. The van der Waals surface area contributed by atoms with E-state index in [1.165, 1.54) is 70.9 Å². The molecule has 0 aromatic heterocycles. The summed E-state index contributed by atoms with van der Waals surface area (Å²) in [5.74, 6) is 0. The Morgan fingerprint density at radius 3 is 2.11 bits per heavy atom. The molecule has 3 fully saturated rings. The Bertz CT molecular complexity index is 285. The minimum Gasteiger partial charge on any atom is -0.308 e. The number of hydrogen-bond donors (Lipinski definition) is 1. The molecular weight excluding hydrogens is 220 g/mol. The third kappa shape index (κ3) is 2.12. The Balaban J connectivity index is 1.79. The van der Waals surface area contributed by atoms with Crippen molar-refractivity contribution in [3.63, 3.8) is 0 Å². The Morgan fingerprint density at radius 1 is 0.889 bits per heavy atom. The molecule has 0 unspecified atom stereocenters. The van der Waals surface area contributed by atoms with Crippen LogP contribution < -0.4 is 5.32 Å². The number of hydrogen-bond acceptors (Lipinski definition) is 2. The van der Waals surface area contributed by atoms with Crippen molar-refractivity contribution in [3.05, 3.63) is 0 Å². The van der Waals surface area contributed by atoms with E-state index in [1.807, 2.05) is 0 Å². The largest absolute Gasteiger partial charge is 0.308 e. The number of nitrogens with one attached hydrogen (secondary N) is 1. The fourth-order valence-electron chi connectivity index (χ4n) is 4.79. The average Bonchev–Trinajstić information content (AvgIpc) is 2.83. The average molecular weight is 250 g/mol. The molecule has 0 amide bonds. The molecule has 3 aliphatic rings. The summed E-state index contributed by atoms with van der Waals surface area (Å²) < 4.78 is 0.